The highest BCUT2D eigenvalue weighted by atomic mass is 32.2. The number of nitrogens with zero attached hydrogens (tertiary/aromatic N) is 3. The summed E-state index contributed by atoms with van der Waals surface area (Å²) in [5.41, 5.74) is 1.87. The first-order valence-corrected chi connectivity index (χ1v) is 11.0. The lowest BCUT2D eigenvalue weighted by Gasteiger charge is -2.10. The Morgan fingerprint density at radius 1 is 0.938 bits per heavy atom. The molecule has 0 aliphatic heterocycles. The Kier molecular flexibility index (Phi) is 7.14. The Morgan fingerprint density at radius 2 is 1.62 bits per heavy atom. The van der Waals surface area contributed by atoms with E-state index >= 15 is 0 Å². The third-order valence-electron chi connectivity index (χ3n) is 4.52. The summed E-state index contributed by atoms with van der Waals surface area (Å²) in [6.07, 6.45) is 0. The molecule has 32 heavy (non-hydrogen) atoms. The highest BCUT2D eigenvalue weighted by Crippen LogP contribution is 2.27. The molecule has 1 N–H and O–H groups in total. The number of amides is 1. The van der Waals surface area contributed by atoms with Gasteiger partial charge in [0.1, 0.15) is 18.2 Å². The molecule has 0 radical (unpaired) electrons. The molecule has 4 aromatic rings. The van der Waals surface area contributed by atoms with Crippen molar-refractivity contribution in [3.05, 3.63) is 90.7 Å². The number of carbonyl (C=O) groups excluding carboxylic acids is 1. The van der Waals surface area contributed by atoms with Gasteiger partial charge in [-0.15, -0.1) is 10.2 Å². The molecule has 8 heteroatoms. The van der Waals surface area contributed by atoms with Gasteiger partial charge in [-0.1, -0.05) is 60.3 Å². The second kappa shape index (κ2) is 10.6. The van der Waals surface area contributed by atoms with E-state index in [1.807, 2.05) is 65.2 Å². The summed E-state index contributed by atoms with van der Waals surface area (Å²) in [5, 5.41) is 12.1. The van der Waals surface area contributed by atoms with Crippen molar-refractivity contribution < 1.29 is 13.9 Å². The lowest BCUT2D eigenvalue weighted by molar-refractivity contribution is -0.118. The lowest BCUT2D eigenvalue weighted by Crippen LogP contribution is -2.29. The number of hydrogen-bond acceptors (Lipinski definition) is 5. The van der Waals surface area contributed by atoms with E-state index in [-0.39, 0.29) is 17.5 Å². The van der Waals surface area contributed by atoms with Gasteiger partial charge in [0.05, 0.1) is 12.3 Å². The Labute approximate surface area is 189 Å². The number of nitrogens with one attached hydrogen (secondary N) is 1. The van der Waals surface area contributed by atoms with Crippen LogP contribution in [0.2, 0.25) is 0 Å². The van der Waals surface area contributed by atoms with Crippen molar-refractivity contribution in [1.29, 1.82) is 0 Å². The van der Waals surface area contributed by atoms with Gasteiger partial charge in [-0.05, 0) is 36.4 Å². The smallest absolute Gasteiger partial charge is 0.230 e. The summed E-state index contributed by atoms with van der Waals surface area (Å²) in [6.45, 7) is 0.637. The maximum absolute atomic E-state index is 12.9. The first kappa shape index (κ1) is 21.6. The van der Waals surface area contributed by atoms with Crippen molar-refractivity contribution in [2.24, 2.45) is 0 Å². The molecule has 0 atom stereocenters. The average molecular weight is 449 g/mol. The number of ether oxygens (including phenoxy) is 1. The Hall–Kier alpha value is -3.65. The quantitative estimate of drug-likeness (QED) is 0.304. The third kappa shape index (κ3) is 5.53. The SMILES string of the molecule is O=C(CSc1nnc(-c2ccccc2)n1-c1ccccc1)NCCOc1ccc(F)cc1. The standard InChI is InChI=1S/C24H21FN4O2S/c25-19-11-13-21(14-12-19)31-16-15-26-22(30)17-32-24-28-27-23(18-7-3-1-4-8-18)29(24)20-9-5-2-6-10-20/h1-14H,15-17H2,(H,26,30). The van der Waals surface area contributed by atoms with Crippen LogP contribution in [0.15, 0.2) is 90.1 Å². The van der Waals surface area contributed by atoms with E-state index in [4.69, 9.17) is 4.74 Å². The van der Waals surface area contributed by atoms with E-state index in [1.54, 1.807) is 12.1 Å². The number of hydrogen-bond donors (Lipinski definition) is 1. The predicted octanol–water partition coefficient (Wildman–Crippen LogP) is 4.36. The molecule has 4 rings (SSSR count). The van der Waals surface area contributed by atoms with Crippen LogP contribution in [0.3, 0.4) is 0 Å². The van der Waals surface area contributed by atoms with Crippen molar-refractivity contribution in [2.75, 3.05) is 18.9 Å². The second-order valence-corrected chi connectivity index (χ2v) is 7.73. The molecule has 0 spiro atoms. The molecule has 1 heterocycles. The van der Waals surface area contributed by atoms with Gasteiger partial charge in [0.15, 0.2) is 11.0 Å². The van der Waals surface area contributed by atoms with Crippen LogP contribution >= 0.6 is 11.8 Å². The van der Waals surface area contributed by atoms with E-state index in [0.29, 0.717) is 29.9 Å². The molecular formula is C24H21FN4O2S. The van der Waals surface area contributed by atoms with Gasteiger partial charge in [0, 0.05) is 11.3 Å². The fourth-order valence-electron chi connectivity index (χ4n) is 3.02. The lowest BCUT2D eigenvalue weighted by atomic mass is 10.2. The molecule has 6 nitrogen and oxygen atoms in total. The first-order valence-electron chi connectivity index (χ1n) is 10.0. The maximum atomic E-state index is 12.9. The van der Waals surface area contributed by atoms with Gasteiger partial charge in [-0.25, -0.2) is 4.39 Å². The number of rotatable bonds is 9. The van der Waals surface area contributed by atoms with Crippen LogP contribution in [0.4, 0.5) is 4.39 Å². The zero-order chi connectivity index (χ0) is 22.2. The Bertz CT molecular complexity index is 1150. The van der Waals surface area contributed by atoms with Crippen molar-refractivity contribution in [2.45, 2.75) is 5.16 Å². The van der Waals surface area contributed by atoms with E-state index in [2.05, 4.69) is 15.5 Å². The summed E-state index contributed by atoms with van der Waals surface area (Å²) in [7, 11) is 0. The maximum Gasteiger partial charge on any atom is 0.230 e. The van der Waals surface area contributed by atoms with E-state index in [1.165, 1.54) is 23.9 Å². The number of thioether (sulfide) groups is 1. The van der Waals surface area contributed by atoms with Gasteiger partial charge in [0.2, 0.25) is 5.91 Å². The number of halogens is 1. The fourth-order valence-corrected chi connectivity index (χ4v) is 3.80. The minimum Gasteiger partial charge on any atom is -0.492 e. The van der Waals surface area contributed by atoms with Crippen molar-refractivity contribution in [3.63, 3.8) is 0 Å². The van der Waals surface area contributed by atoms with Crippen LogP contribution in [0, 0.1) is 5.82 Å². The van der Waals surface area contributed by atoms with Crippen LogP contribution in [0.5, 0.6) is 5.75 Å². The summed E-state index contributed by atoms with van der Waals surface area (Å²) in [6, 6.07) is 25.4. The molecule has 0 bridgehead atoms. The van der Waals surface area contributed by atoms with Crippen molar-refractivity contribution in [3.8, 4) is 22.8 Å². The van der Waals surface area contributed by atoms with E-state index < -0.39 is 0 Å². The number of benzene rings is 3. The highest BCUT2D eigenvalue weighted by Gasteiger charge is 2.17. The first-order chi connectivity index (χ1) is 15.7. The van der Waals surface area contributed by atoms with Gasteiger partial charge in [-0.2, -0.15) is 0 Å². The molecule has 0 saturated carbocycles. The van der Waals surface area contributed by atoms with Gasteiger partial charge in [0.25, 0.3) is 0 Å². The molecule has 0 fully saturated rings. The Balaban J connectivity index is 1.37. The minimum absolute atomic E-state index is 0.137. The zero-order valence-corrected chi connectivity index (χ0v) is 18.0. The molecule has 0 unspecified atom stereocenters. The van der Waals surface area contributed by atoms with Crippen molar-refractivity contribution in [1.82, 2.24) is 20.1 Å². The molecular weight excluding hydrogens is 427 g/mol. The van der Waals surface area contributed by atoms with E-state index in [9.17, 15) is 9.18 Å². The average Bonchev–Trinajstić information content (AvgIpc) is 3.27. The predicted molar refractivity (Wildman–Crippen MR) is 122 cm³/mol. The summed E-state index contributed by atoms with van der Waals surface area (Å²) in [4.78, 5) is 12.3. The molecule has 0 aliphatic carbocycles. The van der Waals surface area contributed by atoms with Crippen LogP contribution < -0.4 is 10.1 Å². The minimum atomic E-state index is -0.318. The number of aromatic nitrogens is 3. The van der Waals surface area contributed by atoms with Gasteiger partial charge >= 0.3 is 0 Å². The largest absolute Gasteiger partial charge is 0.492 e. The summed E-state index contributed by atoms with van der Waals surface area (Å²) < 4.78 is 20.4. The second-order valence-electron chi connectivity index (χ2n) is 6.78. The van der Waals surface area contributed by atoms with Crippen LogP contribution in [0.25, 0.3) is 17.1 Å². The van der Waals surface area contributed by atoms with E-state index in [0.717, 1.165) is 11.3 Å². The molecule has 1 amide bonds. The molecule has 3 aromatic carbocycles. The third-order valence-corrected chi connectivity index (χ3v) is 5.45. The van der Waals surface area contributed by atoms with Gasteiger partial charge in [-0.3, -0.25) is 9.36 Å². The molecule has 0 saturated heterocycles. The number of carbonyl (C=O) groups is 1. The fraction of sp³-hybridized carbons (Fsp3) is 0.125. The highest BCUT2D eigenvalue weighted by molar-refractivity contribution is 7.99. The normalized spacial score (nSPS) is 10.7. The van der Waals surface area contributed by atoms with Crippen LogP contribution in [0.1, 0.15) is 0 Å². The molecule has 1 aromatic heterocycles. The van der Waals surface area contributed by atoms with Gasteiger partial charge < -0.3 is 10.1 Å². The summed E-state index contributed by atoms with van der Waals surface area (Å²) >= 11 is 1.32. The monoisotopic (exact) mass is 448 g/mol. The van der Waals surface area contributed by atoms with Crippen LogP contribution in [-0.2, 0) is 4.79 Å². The van der Waals surface area contributed by atoms with Crippen molar-refractivity contribution >= 4 is 17.7 Å². The molecule has 0 aliphatic rings. The zero-order valence-electron chi connectivity index (χ0n) is 17.1. The molecule has 162 valence electrons. The topological polar surface area (TPSA) is 69.0 Å². The Morgan fingerprint density at radius 3 is 2.34 bits per heavy atom. The van der Waals surface area contributed by atoms with Crippen LogP contribution in [-0.4, -0.2) is 39.6 Å². The summed E-state index contributed by atoms with van der Waals surface area (Å²) in [5.74, 6) is 1.01. The number of para-hydroxylation sites is 1.